The molecule has 1 aliphatic heterocycles. The van der Waals surface area contributed by atoms with Crippen molar-refractivity contribution in [3.05, 3.63) is 78.1 Å². The number of allylic oxidation sites excluding steroid dienone is 3. The number of benzene rings is 2. The molecule has 0 unspecified atom stereocenters. The molecule has 2 aromatic carbocycles. The molecule has 1 fully saturated rings. The Morgan fingerprint density at radius 3 is 2.35 bits per heavy atom. The molecule has 1 N–H and O–H groups in total. The Bertz CT molecular complexity index is 1230. The smallest absolute Gasteiger partial charge is 0.508 e. The van der Waals surface area contributed by atoms with Gasteiger partial charge in [0.25, 0.3) is 11.8 Å². The van der Waals surface area contributed by atoms with Crippen LogP contribution in [0.2, 0.25) is 0 Å². The van der Waals surface area contributed by atoms with Crippen LogP contribution in [0.3, 0.4) is 0 Å². The van der Waals surface area contributed by atoms with Gasteiger partial charge in [0, 0.05) is 11.5 Å². The van der Waals surface area contributed by atoms with Crippen molar-refractivity contribution in [3.63, 3.8) is 0 Å². The molecule has 0 saturated carbocycles. The number of fused-ring (bicyclic) bond motifs is 1. The fraction of sp³-hybridized carbons (Fsp3) is 0.217. The van der Waals surface area contributed by atoms with Gasteiger partial charge >= 0.3 is 6.36 Å². The normalized spacial score (nSPS) is 26.8. The first-order chi connectivity index (χ1) is 15.8. The molecule has 34 heavy (non-hydrogen) atoms. The van der Waals surface area contributed by atoms with Gasteiger partial charge in [0.2, 0.25) is 0 Å². The van der Waals surface area contributed by atoms with Crippen LogP contribution >= 0.6 is 23.2 Å². The number of phenols is 1. The number of amides is 2. The molecule has 0 spiro atoms. The van der Waals surface area contributed by atoms with E-state index in [1.807, 2.05) is 0 Å². The molecule has 3 atom stereocenters. The number of carbonyl (C=O) groups is 2. The second-order valence-corrected chi connectivity index (χ2v) is 8.99. The van der Waals surface area contributed by atoms with Crippen molar-refractivity contribution in [2.24, 2.45) is 0 Å². The SMILES string of the molecule is C=CC1=CC[C@@]2(Cl)C(=O)N(c3ccc(F)cc3)C(=O)[C@@]2(Cl)[C@H]1c1cc(OC(F)(F)F)ccc1O. The molecule has 2 amide bonds. The van der Waals surface area contributed by atoms with Crippen LogP contribution in [0, 0.1) is 5.82 Å². The van der Waals surface area contributed by atoms with E-state index < -0.39 is 51.2 Å². The number of halogens is 6. The van der Waals surface area contributed by atoms with E-state index in [-0.39, 0.29) is 23.2 Å². The molecule has 4 rings (SSSR count). The van der Waals surface area contributed by atoms with Gasteiger partial charge in [-0.3, -0.25) is 9.59 Å². The predicted octanol–water partition coefficient (Wildman–Crippen LogP) is 5.56. The van der Waals surface area contributed by atoms with E-state index >= 15 is 0 Å². The van der Waals surface area contributed by atoms with Gasteiger partial charge in [0.05, 0.1) is 5.69 Å². The molecule has 2 aliphatic rings. The molecule has 2 aromatic rings. The van der Waals surface area contributed by atoms with Crippen LogP contribution in [0.5, 0.6) is 11.5 Å². The number of anilines is 1. The first-order valence-electron chi connectivity index (χ1n) is 9.77. The summed E-state index contributed by atoms with van der Waals surface area (Å²) in [4.78, 5) is 23.4. The number of phenolic OH excluding ortho intramolecular Hbond substituents is 1. The van der Waals surface area contributed by atoms with Gasteiger partial charge in [-0.05, 0) is 54.5 Å². The van der Waals surface area contributed by atoms with E-state index in [1.165, 1.54) is 24.3 Å². The summed E-state index contributed by atoms with van der Waals surface area (Å²) in [6.45, 7) is 3.66. The second kappa shape index (κ2) is 8.02. The number of rotatable bonds is 4. The van der Waals surface area contributed by atoms with Crippen molar-refractivity contribution in [1.82, 2.24) is 0 Å². The maximum atomic E-state index is 13.7. The lowest BCUT2D eigenvalue weighted by molar-refractivity contribution is -0.274. The average molecular weight is 516 g/mol. The monoisotopic (exact) mass is 515 g/mol. The highest BCUT2D eigenvalue weighted by Crippen LogP contribution is 2.60. The Hall–Kier alpha value is -3.04. The highest BCUT2D eigenvalue weighted by molar-refractivity contribution is 6.58. The van der Waals surface area contributed by atoms with E-state index in [1.54, 1.807) is 0 Å². The Kier molecular flexibility index (Phi) is 5.69. The zero-order valence-corrected chi connectivity index (χ0v) is 18.6. The van der Waals surface area contributed by atoms with Crippen molar-refractivity contribution in [3.8, 4) is 11.5 Å². The molecule has 1 aliphatic carbocycles. The van der Waals surface area contributed by atoms with E-state index in [0.29, 0.717) is 4.90 Å². The van der Waals surface area contributed by atoms with Crippen molar-refractivity contribution < 1.29 is 37.0 Å². The van der Waals surface area contributed by atoms with Crippen LogP contribution < -0.4 is 9.64 Å². The van der Waals surface area contributed by atoms with Crippen LogP contribution in [0.1, 0.15) is 17.9 Å². The van der Waals surface area contributed by atoms with Crippen LogP contribution in [0.25, 0.3) is 0 Å². The van der Waals surface area contributed by atoms with Crippen molar-refractivity contribution >= 4 is 40.7 Å². The van der Waals surface area contributed by atoms with Crippen molar-refractivity contribution in [2.45, 2.75) is 28.4 Å². The Balaban J connectivity index is 1.91. The lowest BCUT2D eigenvalue weighted by Crippen LogP contribution is -2.54. The number of nitrogens with zero attached hydrogens (tertiary/aromatic N) is 1. The summed E-state index contributed by atoms with van der Waals surface area (Å²) in [6, 6.07) is 7.15. The van der Waals surface area contributed by atoms with Crippen LogP contribution in [0.4, 0.5) is 23.2 Å². The highest BCUT2D eigenvalue weighted by Gasteiger charge is 2.73. The minimum absolute atomic E-state index is 0.00290. The number of ether oxygens (including phenoxy) is 1. The van der Waals surface area contributed by atoms with Crippen LogP contribution in [-0.4, -0.2) is 33.0 Å². The van der Waals surface area contributed by atoms with Gasteiger partial charge in [-0.15, -0.1) is 36.4 Å². The number of alkyl halides is 5. The minimum Gasteiger partial charge on any atom is -0.508 e. The van der Waals surface area contributed by atoms with Crippen LogP contribution in [-0.2, 0) is 9.59 Å². The summed E-state index contributed by atoms with van der Waals surface area (Å²) >= 11 is 13.6. The molecule has 0 radical (unpaired) electrons. The van der Waals surface area contributed by atoms with Gasteiger partial charge < -0.3 is 9.84 Å². The zero-order chi connectivity index (χ0) is 25.1. The standard InChI is InChI=1S/C23H15Cl2F4NO4/c1-2-12-9-10-21(24)19(32)30(14-5-3-13(26)4-6-14)20(33)22(21,25)18(12)16-11-15(7-8-17(16)31)34-23(27,28)29/h2-9,11,18,31H,1,10H2/t18-,21-,22+/m1/s1. The van der Waals surface area contributed by atoms with Gasteiger partial charge in [-0.2, -0.15) is 0 Å². The van der Waals surface area contributed by atoms with Crippen molar-refractivity contribution in [2.75, 3.05) is 4.90 Å². The van der Waals surface area contributed by atoms with E-state index in [2.05, 4.69) is 11.3 Å². The summed E-state index contributed by atoms with van der Waals surface area (Å²) in [5.74, 6) is -5.06. The third kappa shape index (κ3) is 3.54. The van der Waals surface area contributed by atoms with Crippen molar-refractivity contribution in [1.29, 1.82) is 0 Å². The van der Waals surface area contributed by atoms with Gasteiger partial charge in [0.1, 0.15) is 17.3 Å². The topological polar surface area (TPSA) is 66.8 Å². The number of hydrogen-bond donors (Lipinski definition) is 1. The van der Waals surface area contributed by atoms with Gasteiger partial charge in [-0.1, -0.05) is 18.7 Å². The van der Waals surface area contributed by atoms with E-state index in [9.17, 15) is 32.3 Å². The molecule has 1 saturated heterocycles. The summed E-state index contributed by atoms with van der Waals surface area (Å²) < 4.78 is 55.8. The summed E-state index contributed by atoms with van der Waals surface area (Å²) in [7, 11) is 0. The lowest BCUT2D eigenvalue weighted by atomic mass is 9.68. The van der Waals surface area contributed by atoms with E-state index in [4.69, 9.17) is 23.2 Å². The molecule has 11 heteroatoms. The molecule has 0 aromatic heterocycles. The molecule has 1 heterocycles. The minimum atomic E-state index is -5.02. The molecule has 0 bridgehead atoms. The summed E-state index contributed by atoms with van der Waals surface area (Å²) in [6.07, 6.45) is -2.45. The highest BCUT2D eigenvalue weighted by atomic mass is 35.5. The molecular weight excluding hydrogens is 501 g/mol. The molecular formula is C23H15Cl2F4NO4. The molecule has 178 valence electrons. The Morgan fingerprint density at radius 1 is 1.12 bits per heavy atom. The molecule has 5 nitrogen and oxygen atoms in total. The fourth-order valence-corrected chi connectivity index (χ4v) is 5.17. The Labute approximate surface area is 200 Å². The largest absolute Gasteiger partial charge is 0.573 e. The predicted molar refractivity (Wildman–Crippen MR) is 116 cm³/mol. The number of imide groups is 1. The second-order valence-electron chi connectivity index (χ2n) is 7.75. The quantitative estimate of drug-likeness (QED) is 0.329. The summed E-state index contributed by atoms with van der Waals surface area (Å²) in [5, 5.41) is 10.5. The first kappa shape index (κ1) is 24.1. The average Bonchev–Trinajstić information content (AvgIpc) is 2.92. The lowest BCUT2D eigenvalue weighted by Gasteiger charge is -2.42. The fourth-order valence-electron chi connectivity index (χ4n) is 4.33. The zero-order valence-electron chi connectivity index (χ0n) is 17.1. The number of hydrogen-bond acceptors (Lipinski definition) is 4. The number of aromatic hydroxyl groups is 1. The maximum absolute atomic E-state index is 13.7. The van der Waals surface area contributed by atoms with Gasteiger partial charge in [-0.25, -0.2) is 9.29 Å². The van der Waals surface area contributed by atoms with Crippen LogP contribution in [0.15, 0.2) is 66.8 Å². The van der Waals surface area contributed by atoms with E-state index in [0.717, 1.165) is 30.3 Å². The van der Waals surface area contributed by atoms with Gasteiger partial charge in [0.15, 0.2) is 9.75 Å². The number of carbonyl (C=O) groups excluding carboxylic acids is 2. The summed E-state index contributed by atoms with van der Waals surface area (Å²) in [5.41, 5.74) is 0.0331. The first-order valence-corrected chi connectivity index (χ1v) is 10.5. The maximum Gasteiger partial charge on any atom is 0.573 e. The third-order valence-corrected chi connectivity index (χ3v) is 7.26. The Morgan fingerprint density at radius 2 is 1.76 bits per heavy atom. The third-order valence-electron chi connectivity index (χ3n) is 5.85.